The van der Waals surface area contributed by atoms with Gasteiger partial charge in [-0.2, -0.15) is 0 Å². The van der Waals surface area contributed by atoms with Gasteiger partial charge in [-0.05, 0) is 87.1 Å². The molecule has 0 aromatic heterocycles. The number of phenolic OH excluding ortho intramolecular Hbond substituents is 4. The van der Waals surface area contributed by atoms with Crippen LogP contribution in [-0.4, -0.2) is 248 Å². The van der Waals surface area contributed by atoms with Crippen molar-refractivity contribution in [2.24, 2.45) is 11.8 Å². The van der Waals surface area contributed by atoms with Crippen LogP contribution in [0.1, 0.15) is 162 Å². The molecule has 4 aromatic rings. The van der Waals surface area contributed by atoms with E-state index in [4.69, 9.17) is 37.9 Å². The Morgan fingerprint density at radius 2 is 0.833 bits per heavy atom. The molecule has 14 N–H and O–H groups in total. The van der Waals surface area contributed by atoms with Gasteiger partial charge in [0, 0.05) is 86.8 Å². The lowest BCUT2D eigenvalue weighted by molar-refractivity contribution is -0.215. The molecule has 0 saturated carbocycles. The lowest BCUT2D eigenvalue weighted by Gasteiger charge is -2.53. The van der Waals surface area contributed by atoms with Gasteiger partial charge in [0.2, 0.25) is 34.7 Å². The molecule has 2 fully saturated rings. The molecule has 16 atom stereocenters. The van der Waals surface area contributed by atoms with Crippen molar-refractivity contribution >= 4 is 58.2 Å². The number of Topliss-reactive ketones (excluding diaryl/α,β-unsaturated/α-hetero) is 6. The minimum Gasteiger partial charge on any atom is -0.507 e. The second-order valence-electron chi connectivity index (χ2n) is 26.2. The van der Waals surface area contributed by atoms with Gasteiger partial charge >= 0.3 is 11.9 Å². The number of ketones is 8. The molecule has 6 aliphatic carbocycles. The lowest BCUT2D eigenvalue weighted by atomic mass is 9.56. The first kappa shape index (κ1) is 74.1. The fraction of sp³-hybridized carbons (Fsp3) is 0.457. The number of ether oxygens (including phenoxy) is 8. The van der Waals surface area contributed by atoms with Crippen LogP contribution in [0.4, 0.5) is 0 Å². The smallest absolute Gasteiger partial charge is 0.341 e. The minimum atomic E-state index is -3.25. The average molecular weight is 1420 g/mol. The highest BCUT2D eigenvalue weighted by Crippen LogP contribution is 2.60. The molecule has 102 heavy (non-hydrogen) atoms. The Kier molecular flexibility index (Phi) is 18.9. The number of phenols is 4. The molecule has 0 amide bonds. The normalized spacial score (nSPS) is 31.3. The lowest BCUT2D eigenvalue weighted by Crippen LogP contribution is -2.73. The van der Waals surface area contributed by atoms with E-state index in [0.29, 0.717) is 0 Å². The number of nitrogens with one attached hydrogen (secondary N) is 2. The number of carbonyl (C=O) groups excluding carboxylic acids is 10. The second kappa shape index (κ2) is 26.0. The Balaban J connectivity index is 0.000000205. The summed E-state index contributed by atoms with van der Waals surface area (Å²) < 4.78 is 42.9. The van der Waals surface area contributed by atoms with Crippen molar-refractivity contribution in [1.29, 1.82) is 0 Å². The molecule has 32 heteroatoms. The first-order valence-electron chi connectivity index (χ1n) is 31.9. The van der Waals surface area contributed by atoms with Crippen LogP contribution in [0, 0.1) is 39.5 Å². The molecule has 0 bridgehead atoms. The Morgan fingerprint density at radius 1 is 0.500 bits per heavy atom. The molecule has 0 radical (unpaired) electrons. The fourth-order valence-corrected chi connectivity index (χ4v) is 16.3. The number of rotatable bonds is 12. The summed E-state index contributed by atoms with van der Waals surface area (Å²) >= 11 is 0. The molecule has 2 heterocycles. The van der Waals surface area contributed by atoms with Crippen molar-refractivity contribution in [2.75, 3.05) is 55.9 Å². The largest absolute Gasteiger partial charge is 0.507 e. The van der Waals surface area contributed by atoms with Gasteiger partial charge in [0.05, 0.1) is 110 Å². The van der Waals surface area contributed by atoms with E-state index in [1.807, 2.05) is 0 Å². The number of esters is 2. The molecule has 8 aliphatic rings. The zero-order valence-corrected chi connectivity index (χ0v) is 56.8. The Bertz CT molecular complexity index is 4220. The van der Waals surface area contributed by atoms with Crippen LogP contribution in [0.3, 0.4) is 0 Å². The summed E-state index contributed by atoms with van der Waals surface area (Å²) in [6.45, 7) is 7.93. The van der Waals surface area contributed by atoms with Crippen LogP contribution in [0.15, 0.2) is 35.7 Å². The van der Waals surface area contributed by atoms with Crippen LogP contribution in [0.2, 0.25) is 0 Å². The van der Waals surface area contributed by atoms with Gasteiger partial charge < -0.3 is 110 Å². The third-order valence-corrected chi connectivity index (χ3v) is 21.7. The maximum absolute atomic E-state index is 14.7. The van der Waals surface area contributed by atoms with Crippen LogP contribution in [0.5, 0.6) is 23.0 Å². The van der Waals surface area contributed by atoms with Gasteiger partial charge in [0.15, 0.2) is 34.0 Å². The Hall–Kier alpha value is -9.10. The van der Waals surface area contributed by atoms with Crippen molar-refractivity contribution < 1.29 is 147 Å². The number of allylic oxidation sites excluding steroid dienone is 4. The predicted octanol–water partition coefficient (Wildman–Crippen LogP) is -0.696. The van der Waals surface area contributed by atoms with Crippen molar-refractivity contribution in [3.63, 3.8) is 0 Å². The second-order valence-corrected chi connectivity index (χ2v) is 26.2. The maximum atomic E-state index is 14.7. The Labute approximate surface area is 578 Å². The summed E-state index contributed by atoms with van der Waals surface area (Å²) in [5, 5.41) is 141. The highest BCUT2D eigenvalue weighted by atomic mass is 16.6. The third-order valence-electron chi connectivity index (χ3n) is 21.7. The summed E-state index contributed by atoms with van der Waals surface area (Å²) in [6, 6.07) is 1.67. The number of aliphatic hydroxyl groups is 8. The third kappa shape index (κ3) is 9.72. The van der Waals surface area contributed by atoms with E-state index in [9.17, 15) is 109 Å². The number of hydrogen-bond acceptors (Lipinski definition) is 32. The predicted molar refractivity (Wildman–Crippen MR) is 341 cm³/mol. The maximum Gasteiger partial charge on any atom is 0.341 e. The van der Waals surface area contributed by atoms with E-state index in [1.165, 1.54) is 41.9 Å². The zero-order valence-electron chi connectivity index (χ0n) is 56.8. The van der Waals surface area contributed by atoms with Gasteiger partial charge in [-0.1, -0.05) is 0 Å². The van der Waals surface area contributed by atoms with Gasteiger partial charge in [0.1, 0.15) is 58.8 Å². The SMILES string of the molecule is COC(=O)c1c(C)c(C)c2c(c1O)[C@]1(O)C(=O)c3cc4c(c(O)c3C(=O)[C@]1(OC)[C@H](O)C2)C(=O)C=C(N[C@H]1O[C@@H](C)[C@H](OC)[C@@H](O)[C@H]1CO)C4=O.COC(=O)c1c(C)c(C)c2c(c1O)[C@]1(O)C(=O)c3cc4c(c(O)c3C(=O)[C@]1(OC)[C@H](O)C2)C(=O)C=C(N[C@H]1O[C@@H](C)[C@H](OC)[C@@H](O)[C@H]1CO)C4=O. The molecular weight excluding hydrogens is 1350 g/mol. The quantitative estimate of drug-likeness (QED) is 0.0780. The van der Waals surface area contributed by atoms with E-state index < -0.39 is 281 Å². The van der Waals surface area contributed by atoms with Crippen molar-refractivity contribution in [1.82, 2.24) is 10.6 Å². The molecule has 2 aliphatic heterocycles. The summed E-state index contributed by atoms with van der Waals surface area (Å²) in [6.07, 6.45) is -11.3. The van der Waals surface area contributed by atoms with E-state index in [0.717, 1.165) is 52.7 Å². The first-order valence-corrected chi connectivity index (χ1v) is 31.9. The molecule has 32 nitrogen and oxygen atoms in total. The molecule has 544 valence electrons. The van der Waals surface area contributed by atoms with Gasteiger partial charge in [-0.25, -0.2) is 9.59 Å². The van der Waals surface area contributed by atoms with Crippen molar-refractivity contribution in [3.05, 3.63) is 136 Å². The highest BCUT2D eigenvalue weighted by molar-refractivity contribution is 6.32. The zero-order chi connectivity index (χ0) is 75.3. The standard InChI is InChI=1S/2C35H37NO15/c2*1-11-12(2)21(33(46)49-5)28(43)24-14(11)8-20(39)35(50-6)31(45)23-16(30(44)34(24,35)47)7-15-22(27(23)42)19(38)9-18(25(15)40)36-32-17(10-37)26(41)29(48-4)13(3)51-32/h2*7,9,13,17,20,26,29,32,36-37,39,41-43,47H,8,10H2,1-6H3/t2*13-,17+,20+,26-,29-,32-,34-,35+/m00/s1. The van der Waals surface area contributed by atoms with Crippen LogP contribution in [-0.2, 0) is 61.9 Å². The molecule has 12 rings (SSSR count). The molecule has 0 spiro atoms. The van der Waals surface area contributed by atoms with Gasteiger partial charge in [0.25, 0.3) is 0 Å². The summed E-state index contributed by atoms with van der Waals surface area (Å²) in [5.41, 5.74) is -19.8. The highest BCUT2D eigenvalue weighted by Gasteiger charge is 2.75. The van der Waals surface area contributed by atoms with E-state index in [2.05, 4.69) is 10.6 Å². The monoisotopic (exact) mass is 1420 g/mol. The topological polar surface area (TPSA) is 511 Å². The van der Waals surface area contributed by atoms with E-state index >= 15 is 0 Å². The Morgan fingerprint density at radius 3 is 1.13 bits per heavy atom. The van der Waals surface area contributed by atoms with Crippen molar-refractivity contribution in [2.45, 2.75) is 138 Å². The van der Waals surface area contributed by atoms with E-state index in [1.54, 1.807) is 13.8 Å². The van der Waals surface area contributed by atoms with Gasteiger partial charge in [-0.3, -0.25) is 38.4 Å². The number of aliphatic hydroxyl groups excluding tert-OH is 6. The van der Waals surface area contributed by atoms with E-state index in [-0.39, 0.29) is 33.4 Å². The number of benzene rings is 4. The summed E-state index contributed by atoms with van der Waals surface area (Å²) in [5.74, 6) is -17.6. The molecule has 0 unspecified atom stereocenters. The molecule has 2 saturated heterocycles. The summed E-state index contributed by atoms with van der Waals surface area (Å²) in [4.78, 5) is 139. The summed E-state index contributed by atoms with van der Waals surface area (Å²) in [7, 11) is 6.62. The number of methoxy groups -OCH3 is 6. The number of aromatic hydroxyl groups is 4. The fourth-order valence-electron chi connectivity index (χ4n) is 16.3. The van der Waals surface area contributed by atoms with Crippen LogP contribution in [0.25, 0.3) is 0 Å². The average Bonchev–Trinajstić information content (AvgIpc) is 0.673. The molecular formula is C70H74N2O30. The van der Waals surface area contributed by atoms with Crippen LogP contribution < -0.4 is 10.6 Å². The first-order chi connectivity index (χ1) is 48.0. The van der Waals surface area contributed by atoms with Gasteiger partial charge in [-0.15, -0.1) is 0 Å². The number of carbonyl (C=O) groups is 10. The number of hydrogen-bond donors (Lipinski definition) is 14. The number of fused-ring (bicyclic) bond motifs is 10. The van der Waals surface area contributed by atoms with Crippen molar-refractivity contribution in [3.8, 4) is 23.0 Å². The minimum absolute atomic E-state index is 0.0332. The molecule has 4 aromatic carbocycles. The van der Waals surface area contributed by atoms with Crippen LogP contribution >= 0.6 is 0 Å².